The van der Waals surface area contributed by atoms with Gasteiger partial charge in [0.1, 0.15) is 11.4 Å². The van der Waals surface area contributed by atoms with Crippen LogP contribution in [0.1, 0.15) is 26.5 Å². The first-order valence-corrected chi connectivity index (χ1v) is 7.52. The highest BCUT2D eigenvalue weighted by Gasteiger charge is 2.15. The first-order valence-electron chi connectivity index (χ1n) is 4.99. The molecule has 0 atom stereocenters. The molecular weight excluding hydrogens is 262 g/mol. The van der Waals surface area contributed by atoms with Crippen LogP contribution in [0, 0.1) is 5.92 Å². The van der Waals surface area contributed by atoms with Crippen molar-refractivity contribution in [2.45, 2.75) is 20.8 Å². The highest BCUT2D eigenvalue weighted by atomic mass is 32.2. The molecule has 0 spiro atoms. The summed E-state index contributed by atoms with van der Waals surface area (Å²) in [7, 11) is -3.36. The van der Waals surface area contributed by atoms with Crippen LogP contribution in [0.3, 0.4) is 0 Å². The van der Waals surface area contributed by atoms with Crippen LogP contribution in [-0.4, -0.2) is 30.1 Å². The van der Waals surface area contributed by atoms with Crippen LogP contribution in [0.15, 0.2) is 10.5 Å². The molecule has 6 nitrogen and oxygen atoms in total. The summed E-state index contributed by atoms with van der Waals surface area (Å²) in [6.07, 6.45) is 0. The van der Waals surface area contributed by atoms with E-state index >= 15 is 0 Å². The second-order valence-corrected chi connectivity index (χ2v) is 6.63. The maximum atomic E-state index is 11.6. The molecule has 17 heavy (non-hydrogen) atoms. The smallest absolute Gasteiger partial charge is 0.234 e. The van der Waals surface area contributed by atoms with Crippen molar-refractivity contribution in [1.82, 2.24) is 4.98 Å². The van der Waals surface area contributed by atoms with Crippen molar-refractivity contribution in [2.75, 3.05) is 10.5 Å². The monoisotopic (exact) mass is 277 g/mol. The Morgan fingerprint density at radius 1 is 1.65 bits per heavy atom. The van der Waals surface area contributed by atoms with Gasteiger partial charge in [-0.2, -0.15) is 0 Å². The molecule has 0 amide bonds. The number of oxime groups is 1. The molecular formula is C9H15N3O3S2. The summed E-state index contributed by atoms with van der Waals surface area (Å²) in [6.45, 7) is 5.24. The molecule has 0 unspecified atom stereocenters. The lowest BCUT2D eigenvalue weighted by molar-refractivity contribution is 0.319. The Kier molecular flexibility index (Phi) is 4.47. The molecule has 0 aliphatic heterocycles. The average Bonchev–Trinajstić information content (AvgIpc) is 2.61. The van der Waals surface area contributed by atoms with E-state index in [0.717, 1.165) is 11.3 Å². The fourth-order valence-electron chi connectivity index (χ4n) is 1.15. The summed E-state index contributed by atoms with van der Waals surface area (Å²) < 4.78 is 25.7. The summed E-state index contributed by atoms with van der Waals surface area (Å²) in [6, 6.07) is 0. The first kappa shape index (κ1) is 13.9. The van der Waals surface area contributed by atoms with E-state index in [1.54, 1.807) is 12.3 Å². The minimum atomic E-state index is -3.36. The number of anilines is 1. The quantitative estimate of drug-likeness (QED) is 0.487. The van der Waals surface area contributed by atoms with E-state index in [2.05, 4.69) is 14.9 Å². The lowest BCUT2D eigenvalue weighted by atomic mass is 10.3. The molecule has 0 bridgehead atoms. The standard InChI is InChI=1S/C9H15N3O3S2/c1-6(2)5-17(14,15)12-9-10-8(4-16-9)7(3)11-13/h4,6,13H,5H2,1-3H3,(H,10,12). The van der Waals surface area contributed by atoms with Crippen molar-refractivity contribution >= 4 is 32.2 Å². The van der Waals surface area contributed by atoms with Crippen molar-refractivity contribution in [3.63, 3.8) is 0 Å². The molecule has 0 saturated carbocycles. The van der Waals surface area contributed by atoms with E-state index in [-0.39, 0.29) is 16.8 Å². The number of nitrogens with zero attached hydrogens (tertiary/aromatic N) is 2. The molecule has 1 aromatic rings. The lowest BCUT2D eigenvalue weighted by Gasteiger charge is -2.06. The second kappa shape index (κ2) is 5.46. The number of hydrogen-bond acceptors (Lipinski definition) is 6. The minimum absolute atomic E-state index is 0.0488. The van der Waals surface area contributed by atoms with Gasteiger partial charge in [-0.25, -0.2) is 13.4 Å². The number of aromatic nitrogens is 1. The Morgan fingerprint density at radius 3 is 2.82 bits per heavy atom. The molecule has 8 heteroatoms. The van der Waals surface area contributed by atoms with E-state index in [0.29, 0.717) is 11.4 Å². The van der Waals surface area contributed by atoms with Crippen LogP contribution in [-0.2, 0) is 10.0 Å². The molecule has 0 saturated heterocycles. The van der Waals surface area contributed by atoms with Crippen LogP contribution in [0.2, 0.25) is 0 Å². The van der Waals surface area contributed by atoms with E-state index < -0.39 is 10.0 Å². The second-order valence-electron chi connectivity index (χ2n) is 4.00. The highest BCUT2D eigenvalue weighted by Crippen LogP contribution is 2.18. The molecule has 2 N–H and O–H groups in total. The van der Waals surface area contributed by atoms with Crippen LogP contribution in [0.25, 0.3) is 0 Å². The Balaban J connectivity index is 2.80. The van der Waals surface area contributed by atoms with Gasteiger partial charge >= 0.3 is 0 Å². The Bertz CT molecular complexity index is 505. The number of rotatable bonds is 5. The van der Waals surface area contributed by atoms with E-state index in [1.165, 1.54) is 0 Å². The number of thiazole rings is 1. The third-order valence-electron chi connectivity index (χ3n) is 1.82. The van der Waals surface area contributed by atoms with Gasteiger partial charge in [0, 0.05) is 5.38 Å². The van der Waals surface area contributed by atoms with Gasteiger partial charge in [-0.3, -0.25) is 4.72 Å². The van der Waals surface area contributed by atoms with E-state index in [1.807, 2.05) is 13.8 Å². The summed E-state index contributed by atoms with van der Waals surface area (Å²) in [4.78, 5) is 4.01. The van der Waals surface area contributed by atoms with Gasteiger partial charge < -0.3 is 5.21 Å². The Morgan fingerprint density at radius 2 is 2.29 bits per heavy atom. The summed E-state index contributed by atoms with van der Waals surface area (Å²) >= 11 is 1.15. The maximum Gasteiger partial charge on any atom is 0.234 e. The van der Waals surface area contributed by atoms with E-state index in [4.69, 9.17) is 5.21 Å². The van der Waals surface area contributed by atoms with Gasteiger partial charge in [0.2, 0.25) is 10.0 Å². The van der Waals surface area contributed by atoms with Gasteiger partial charge in [-0.15, -0.1) is 11.3 Å². The van der Waals surface area contributed by atoms with Crippen LogP contribution in [0.4, 0.5) is 5.13 Å². The highest BCUT2D eigenvalue weighted by molar-refractivity contribution is 7.92. The molecule has 1 aromatic heterocycles. The molecule has 0 aliphatic carbocycles. The number of hydrogen-bond donors (Lipinski definition) is 2. The molecule has 0 radical (unpaired) electrons. The minimum Gasteiger partial charge on any atom is -0.411 e. The van der Waals surface area contributed by atoms with Crippen molar-refractivity contribution in [1.29, 1.82) is 0 Å². The predicted octanol–water partition coefficient (Wildman–Crippen LogP) is 1.74. The zero-order valence-corrected chi connectivity index (χ0v) is 11.5. The molecule has 0 fully saturated rings. The van der Waals surface area contributed by atoms with Crippen molar-refractivity contribution < 1.29 is 13.6 Å². The van der Waals surface area contributed by atoms with Gasteiger partial charge in [-0.1, -0.05) is 19.0 Å². The fraction of sp³-hybridized carbons (Fsp3) is 0.556. The van der Waals surface area contributed by atoms with Crippen molar-refractivity contribution in [3.8, 4) is 0 Å². The average molecular weight is 277 g/mol. The molecule has 0 aromatic carbocycles. The molecule has 0 aliphatic rings. The van der Waals surface area contributed by atoms with Gasteiger partial charge in [0.05, 0.1) is 5.75 Å². The van der Waals surface area contributed by atoms with E-state index in [9.17, 15) is 8.42 Å². The van der Waals surface area contributed by atoms with Gasteiger partial charge in [0.25, 0.3) is 0 Å². The summed E-state index contributed by atoms with van der Waals surface area (Å²) in [5.74, 6) is 0.0994. The van der Waals surface area contributed by atoms with Crippen LogP contribution >= 0.6 is 11.3 Å². The zero-order chi connectivity index (χ0) is 13.1. The zero-order valence-electron chi connectivity index (χ0n) is 9.84. The summed E-state index contributed by atoms with van der Waals surface area (Å²) in [5.41, 5.74) is 0.801. The topological polar surface area (TPSA) is 91.7 Å². The van der Waals surface area contributed by atoms with Crippen LogP contribution in [0.5, 0.6) is 0 Å². The number of nitrogens with one attached hydrogen (secondary N) is 1. The predicted molar refractivity (Wildman–Crippen MR) is 68.4 cm³/mol. The summed E-state index contributed by atoms with van der Waals surface area (Å²) in [5, 5.41) is 13.5. The fourth-order valence-corrected chi connectivity index (χ4v) is 3.60. The first-order chi connectivity index (χ1) is 7.84. The van der Waals surface area contributed by atoms with Crippen LogP contribution < -0.4 is 4.72 Å². The lowest BCUT2D eigenvalue weighted by Crippen LogP contribution is -2.20. The third kappa shape index (κ3) is 4.31. The Labute approximate surface area is 104 Å². The van der Waals surface area contributed by atoms with Gasteiger partial charge in [-0.05, 0) is 12.8 Å². The normalized spacial score (nSPS) is 13.1. The van der Waals surface area contributed by atoms with Crippen molar-refractivity contribution in [2.24, 2.45) is 11.1 Å². The van der Waals surface area contributed by atoms with Crippen molar-refractivity contribution in [3.05, 3.63) is 11.1 Å². The molecule has 1 heterocycles. The van der Waals surface area contributed by atoms with Gasteiger partial charge in [0.15, 0.2) is 5.13 Å². The molecule has 1 rings (SSSR count). The molecule has 96 valence electrons. The third-order valence-corrected chi connectivity index (χ3v) is 4.32. The number of sulfonamides is 1. The largest absolute Gasteiger partial charge is 0.411 e. The SMILES string of the molecule is CC(=NO)c1csc(NS(=O)(=O)CC(C)C)n1. The Hall–Kier alpha value is -1.15. The maximum absolute atomic E-state index is 11.6.